The lowest BCUT2D eigenvalue weighted by atomic mass is 9.83. The summed E-state index contributed by atoms with van der Waals surface area (Å²) in [4.78, 5) is 0. The Balaban J connectivity index is 1.59. The van der Waals surface area contributed by atoms with E-state index in [4.69, 9.17) is 0 Å². The third-order valence-corrected chi connectivity index (χ3v) is 7.79. The highest BCUT2D eigenvalue weighted by Crippen LogP contribution is 2.44. The molecule has 0 amide bonds. The summed E-state index contributed by atoms with van der Waals surface area (Å²) < 4.78 is 0. The van der Waals surface area contributed by atoms with Gasteiger partial charge in [0.1, 0.15) is 0 Å². The van der Waals surface area contributed by atoms with E-state index in [1.54, 1.807) is 0 Å². The molecule has 0 heterocycles. The average Bonchev–Trinajstić information content (AvgIpc) is 2.95. The predicted molar refractivity (Wildman–Crippen MR) is 172 cm³/mol. The maximum Gasteiger partial charge on any atom is -0.00262 e. The average molecular weight is 503 g/mol. The summed E-state index contributed by atoms with van der Waals surface area (Å²) in [6.07, 6.45) is 6.90. The lowest BCUT2D eigenvalue weighted by Gasteiger charge is -2.21. The minimum Gasteiger partial charge on any atom is -0.0991 e. The molecule has 0 aliphatic carbocycles. The van der Waals surface area contributed by atoms with Crippen LogP contribution in [-0.2, 0) is 11.8 Å². The molecule has 0 saturated carbocycles. The largest absolute Gasteiger partial charge is 0.0991 e. The van der Waals surface area contributed by atoms with E-state index in [-0.39, 0.29) is 5.41 Å². The lowest BCUT2D eigenvalue weighted by Crippen LogP contribution is -2.10. The Labute approximate surface area is 231 Å². The molecular weight excluding hydrogens is 468 g/mol. The van der Waals surface area contributed by atoms with Crippen molar-refractivity contribution in [3.63, 3.8) is 0 Å². The smallest absolute Gasteiger partial charge is 0.00262 e. The highest BCUT2D eigenvalue weighted by atomic mass is 14.2. The first-order valence-electron chi connectivity index (χ1n) is 13.8. The number of hydrogen-bond acceptors (Lipinski definition) is 0. The summed E-state index contributed by atoms with van der Waals surface area (Å²) in [5.74, 6) is 0. The van der Waals surface area contributed by atoms with Crippen molar-refractivity contribution in [2.75, 3.05) is 0 Å². The van der Waals surface area contributed by atoms with Gasteiger partial charge in [-0.15, -0.1) is 0 Å². The number of allylic oxidation sites excluding steroid dienone is 3. The second-order valence-electron chi connectivity index (χ2n) is 11.4. The molecular formula is C39H34. The van der Waals surface area contributed by atoms with Crippen LogP contribution in [0.5, 0.6) is 0 Å². The molecule has 0 aliphatic heterocycles. The minimum atomic E-state index is 0.129. The van der Waals surface area contributed by atoms with Crippen LogP contribution in [0.1, 0.15) is 31.9 Å². The summed E-state index contributed by atoms with van der Waals surface area (Å²) >= 11 is 0. The maximum absolute atomic E-state index is 3.79. The van der Waals surface area contributed by atoms with Crippen LogP contribution in [-0.4, -0.2) is 0 Å². The molecule has 6 rings (SSSR count). The molecule has 0 aromatic heterocycles. The van der Waals surface area contributed by atoms with Crippen molar-refractivity contribution >= 4 is 32.3 Å². The van der Waals surface area contributed by atoms with Gasteiger partial charge < -0.3 is 0 Å². The van der Waals surface area contributed by atoms with Crippen LogP contribution >= 0.6 is 0 Å². The van der Waals surface area contributed by atoms with E-state index in [9.17, 15) is 0 Å². The van der Waals surface area contributed by atoms with Crippen molar-refractivity contribution in [2.45, 2.75) is 32.6 Å². The molecule has 0 bridgehead atoms. The number of rotatable bonds is 5. The van der Waals surface area contributed by atoms with Crippen LogP contribution in [0.15, 0.2) is 134 Å². The van der Waals surface area contributed by atoms with E-state index in [1.165, 1.54) is 65.7 Å². The van der Waals surface area contributed by atoms with Gasteiger partial charge in [0, 0.05) is 0 Å². The quantitative estimate of drug-likeness (QED) is 0.162. The number of benzene rings is 6. The third kappa shape index (κ3) is 4.68. The van der Waals surface area contributed by atoms with Gasteiger partial charge in [-0.2, -0.15) is 0 Å². The molecule has 0 saturated heterocycles. The van der Waals surface area contributed by atoms with Gasteiger partial charge in [0.05, 0.1) is 0 Å². The molecule has 6 aromatic rings. The monoisotopic (exact) mass is 502 g/mol. The Kier molecular flexibility index (Phi) is 6.41. The van der Waals surface area contributed by atoms with Crippen molar-refractivity contribution in [3.8, 4) is 22.3 Å². The topological polar surface area (TPSA) is 0 Å². The van der Waals surface area contributed by atoms with Crippen LogP contribution in [0.3, 0.4) is 0 Å². The zero-order chi connectivity index (χ0) is 27.0. The molecule has 39 heavy (non-hydrogen) atoms. The SMILES string of the molecule is C=C/C=C\Cc1ccc2ccc(-c3c4ccccc4c(-c4ccc(C(C)(C)C)cc4)c4ccccc34)cc2c1. The first kappa shape index (κ1) is 24.9. The Morgan fingerprint density at radius 1 is 0.590 bits per heavy atom. The summed E-state index contributed by atoms with van der Waals surface area (Å²) in [5.41, 5.74) is 7.91. The highest BCUT2D eigenvalue weighted by Gasteiger charge is 2.18. The molecule has 0 aliphatic rings. The van der Waals surface area contributed by atoms with Gasteiger partial charge in [-0.25, -0.2) is 0 Å². The normalized spacial score (nSPS) is 12.1. The fraction of sp³-hybridized carbons (Fsp3) is 0.128. The van der Waals surface area contributed by atoms with Crippen LogP contribution in [0, 0.1) is 0 Å². The van der Waals surface area contributed by atoms with E-state index in [1.807, 2.05) is 12.2 Å². The standard InChI is InChI=1S/C39H34/c1-5-6-7-12-27-17-18-28-19-20-30(26-31(28)25-27)38-35-15-10-8-13-33(35)37(34-14-9-11-16-36(34)38)29-21-23-32(24-22-29)39(2,3)4/h5-11,13-26H,1,12H2,2-4H3/b7-6-. The summed E-state index contributed by atoms with van der Waals surface area (Å²) in [5, 5.41) is 7.69. The molecule has 0 fully saturated rings. The van der Waals surface area contributed by atoms with E-state index < -0.39 is 0 Å². The zero-order valence-corrected chi connectivity index (χ0v) is 23.0. The van der Waals surface area contributed by atoms with Gasteiger partial charge in [-0.05, 0) is 83.6 Å². The number of hydrogen-bond donors (Lipinski definition) is 0. The van der Waals surface area contributed by atoms with Gasteiger partial charge in [0.2, 0.25) is 0 Å². The Hall–Kier alpha value is -4.42. The molecule has 0 atom stereocenters. The van der Waals surface area contributed by atoms with E-state index in [2.05, 4.69) is 143 Å². The third-order valence-electron chi connectivity index (χ3n) is 7.79. The van der Waals surface area contributed by atoms with Crippen LogP contribution in [0.2, 0.25) is 0 Å². The van der Waals surface area contributed by atoms with Gasteiger partial charge >= 0.3 is 0 Å². The fourth-order valence-electron chi connectivity index (χ4n) is 5.77. The molecule has 0 nitrogen and oxygen atoms in total. The molecule has 0 unspecified atom stereocenters. The Bertz CT molecular complexity index is 1800. The summed E-state index contributed by atoms with van der Waals surface area (Å²) in [6.45, 7) is 10.6. The van der Waals surface area contributed by atoms with Crippen LogP contribution in [0.25, 0.3) is 54.6 Å². The van der Waals surface area contributed by atoms with Crippen LogP contribution < -0.4 is 0 Å². The summed E-state index contributed by atoms with van der Waals surface area (Å²) in [6, 6.07) is 40.6. The highest BCUT2D eigenvalue weighted by molar-refractivity contribution is 6.21. The molecule has 0 spiro atoms. The predicted octanol–water partition coefficient (Wildman–Crippen LogP) is 11.1. The summed E-state index contributed by atoms with van der Waals surface area (Å²) in [7, 11) is 0. The minimum absolute atomic E-state index is 0.129. The molecule has 0 N–H and O–H groups in total. The first-order chi connectivity index (χ1) is 18.9. The Morgan fingerprint density at radius 3 is 1.69 bits per heavy atom. The van der Waals surface area contributed by atoms with Crippen molar-refractivity contribution in [1.29, 1.82) is 0 Å². The molecule has 0 radical (unpaired) electrons. The van der Waals surface area contributed by atoms with Crippen molar-refractivity contribution in [1.82, 2.24) is 0 Å². The van der Waals surface area contributed by atoms with Crippen molar-refractivity contribution < 1.29 is 0 Å². The van der Waals surface area contributed by atoms with Gasteiger partial charge in [-0.1, -0.05) is 149 Å². The fourth-order valence-corrected chi connectivity index (χ4v) is 5.77. The molecule has 6 aromatic carbocycles. The molecule has 190 valence electrons. The van der Waals surface area contributed by atoms with Gasteiger partial charge in [-0.3, -0.25) is 0 Å². The second-order valence-corrected chi connectivity index (χ2v) is 11.4. The van der Waals surface area contributed by atoms with E-state index in [0.717, 1.165) is 6.42 Å². The Morgan fingerprint density at radius 2 is 1.13 bits per heavy atom. The second kappa shape index (κ2) is 10.0. The van der Waals surface area contributed by atoms with E-state index >= 15 is 0 Å². The van der Waals surface area contributed by atoms with Crippen molar-refractivity contribution in [3.05, 3.63) is 145 Å². The van der Waals surface area contributed by atoms with Crippen LogP contribution in [0.4, 0.5) is 0 Å². The molecule has 0 heteroatoms. The lowest BCUT2D eigenvalue weighted by molar-refractivity contribution is 0.590. The van der Waals surface area contributed by atoms with Crippen molar-refractivity contribution in [2.24, 2.45) is 0 Å². The van der Waals surface area contributed by atoms with E-state index in [0.29, 0.717) is 0 Å². The van der Waals surface area contributed by atoms with Gasteiger partial charge in [0.25, 0.3) is 0 Å². The number of fused-ring (bicyclic) bond motifs is 3. The zero-order valence-electron chi connectivity index (χ0n) is 23.0. The first-order valence-corrected chi connectivity index (χ1v) is 13.8. The maximum atomic E-state index is 3.79. The van der Waals surface area contributed by atoms with Gasteiger partial charge in [0.15, 0.2) is 0 Å².